The third kappa shape index (κ3) is 4.07. The second-order valence-corrected chi connectivity index (χ2v) is 5.70. The average Bonchev–Trinajstić information content (AvgIpc) is 2.85. The van der Waals surface area contributed by atoms with Gasteiger partial charge in [-0.05, 0) is 24.7 Å². The van der Waals surface area contributed by atoms with Gasteiger partial charge >= 0.3 is 0 Å². The quantitative estimate of drug-likeness (QED) is 0.859. The van der Waals surface area contributed by atoms with Crippen LogP contribution in [0, 0.1) is 5.41 Å². The van der Waals surface area contributed by atoms with Gasteiger partial charge in [0.15, 0.2) is 0 Å². The zero-order valence-electron chi connectivity index (χ0n) is 12.1. The third-order valence-corrected chi connectivity index (χ3v) is 4.71. The lowest BCUT2D eigenvalue weighted by Gasteiger charge is -2.28. The normalized spacial score (nSPS) is 26.0. The second kappa shape index (κ2) is 7.46. The van der Waals surface area contributed by atoms with E-state index in [1.807, 2.05) is 0 Å². The van der Waals surface area contributed by atoms with Crippen LogP contribution >= 0.6 is 12.4 Å². The van der Waals surface area contributed by atoms with E-state index in [0.717, 1.165) is 26.2 Å². The molecule has 2 fully saturated rings. The fourth-order valence-corrected chi connectivity index (χ4v) is 3.07. The van der Waals surface area contributed by atoms with Crippen molar-refractivity contribution in [1.29, 1.82) is 0 Å². The summed E-state index contributed by atoms with van der Waals surface area (Å²) in [5, 5.41) is 3.35. The molecule has 5 heteroatoms. The molecular formula is C14H27ClN2O2. The van der Waals surface area contributed by atoms with Crippen LogP contribution in [0.1, 0.15) is 39.5 Å². The van der Waals surface area contributed by atoms with Crippen molar-refractivity contribution in [3.63, 3.8) is 0 Å². The van der Waals surface area contributed by atoms with Gasteiger partial charge in [-0.3, -0.25) is 4.79 Å². The first-order valence-corrected chi connectivity index (χ1v) is 7.28. The van der Waals surface area contributed by atoms with Gasteiger partial charge in [-0.1, -0.05) is 13.8 Å². The third-order valence-electron chi connectivity index (χ3n) is 4.71. The molecule has 2 saturated heterocycles. The van der Waals surface area contributed by atoms with Gasteiger partial charge in [0.2, 0.25) is 5.91 Å². The number of amides is 1. The first-order valence-electron chi connectivity index (χ1n) is 7.28. The van der Waals surface area contributed by atoms with Crippen molar-refractivity contribution in [3.8, 4) is 0 Å². The summed E-state index contributed by atoms with van der Waals surface area (Å²) in [6.45, 7) is 8.68. The van der Waals surface area contributed by atoms with Crippen LogP contribution in [0.2, 0.25) is 0 Å². The minimum absolute atomic E-state index is 0. The van der Waals surface area contributed by atoms with Crippen molar-refractivity contribution >= 4 is 18.3 Å². The average molecular weight is 291 g/mol. The topological polar surface area (TPSA) is 41.6 Å². The molecule has 4 nitrogen and oxygen atoms in total. The molecule has 1 amide bonds. The molecule has 19 heavy (non-hydrogen) atoms. The predicted octanol–water partition coefficient (Wildman–Crippen LogP) is 1.83. The van der Waals surface area contributed by atoms with Crippen molar-refractivity contribution in [3.05, 3.63) is 0 Å². The standard InChI is InChI=1S/C14H26N2O2.ClH/c1-3-14(4-2)5-7-16(11-14)13(17)9-12-10-18-8-6-15-12;/h12,15H,3-11H2,1-2H3;1H. The van der Waals surface area contributed by atoms with Crippen molar-refractivity contribution in [1.82, 2.24) is 10.2 Å². The number of likely N-dealkylation sites (tertiary alicyclic amines) is 1. The summed E-state index contributed by atoms with van der Waals surface area (Å²) < 4.78 is 5.40. The van der Waals surface area contributed by atoms with E-state index in [1.165, 1.54) is 19.3 Å². The van der Waals surface area contributed by atoms with Gasteiger partial charge in [0.05, 0.1) is 13.2 Å². The Bertz CT molecular complexity index is 289. The number of morpholine rings is 1. The highest BCUT2D eigenvalue weighted by atomic mass is 35.5. The van der Waals surface area contributed by atoms with Crippen molar-refractivity contribution in [2.24, 2.45) is 5.41 Å². The molecule has 1 N–H and O–H groups in total. The maximum absolute atomic E-state index is 12.3. The van der Waals surface area contributed by atoms with E-state index in [-0.39, 0.29) is 18.4 Å². The minimum atomic E-state index is 0. The maximum Gasteiger partial charge on any atom is 0.224 e. The van der Waals surface area contributed by atoms with E-state index in [2.05, 4.69) is 24.1 Å². The Morgan fingerprint density at radius 3 is 2.68 bits per heavy atom. The van der Waals surface area contributed by atoms with Crippen molar-refractivity contribution in [2.75, 3.05) is 32.8 Å². The van der Waals surface area contributed by atoms with Crippen LogP contribution in [-0.4, -0.2) is 49.7 Å². The fourth-order valence-electron chi connectivity index (χ4n) is 3.07. The van der Waals surface area contributed by atoms with E-state index in [0.29, 0.717) is 24.3 Å². The number of halogens is 1. The van der Waals surface area contributed by atoms with Gasteiger partial charge < -0.3 is 15.0 Å². The number of nitrogens with zero attached hydrogens (tertiary/aromatic N) is 1. The molecule has 0 radical (unpaired) electrons. The number of ether oxygens (including phenoxy) is 1. The molecule has 0 aromatic heterocycles. The highest BCUT2D eigenvalue weighted by Gasteiger charge is 2.37. The lowest BCUT2D eigenvalue weighted by Crippen LogP contribution is -2.45. The Hall–Kier alpha value is -0.320. The first-order chi connectivity index (χ1) is 8.69. The number of rotatable bonds is 4. The van der Waals surface area contributed by atoms with Gasteiger partial charge in [-0.25, -0.2) is 0 Å². The van der Waals surface area contributed by atoms with E-state index in [1.54, 1.807) is 0 Å². The second-order valence-electron chi connectivity index (χ2n) is 5.70. The first kappa shape index (κ1) is 16.7. The summed E-state index contributed by atoms with van der Waals surface area (Å²) in [6.07, 6.45) is 4.11. The zero-order valence-corrected chi connectivity index (χ0v) is 12.9. The SMILES string of the molecule is CCC1(CC)CCN(C(=O)CC2COCCN2)C1.Cl. The largest absolute Gasteiger partial charge is 0.378 e. The van der Waals surface area contributed by atoms with Gasteiger partial charge in [0.1, 0.15) is 0 Å². The minimum Gasteiger partial charge on any atom is -0.378 e. The van der Waals surface area contributed by atoms with Gasteiger partial charge in [-0.15, -0.1) is 12.4 Å². The summed E-state index contributed by atoms with van der Waals surface area (Å²) in [7, 11) is 0. The van der Waals surface area contributed by atoms with E-state index < -0.39 is 0 Å². The number of nitrogens with one attached hydrogen (secondary N) is 1. The lowest BCUT2D eigenvalue weighted by molar-refractivity contribution is -0.131. The summed E-state index contributed by atoms with van der Waals surface area (Å²) in [4.78, 5) is 14.3. The van der Waals surface area contributed by atoms with E-state index in [9.17, 15) is 4.79 Å². The molecule has 0 spiro atoms. The Morgan fingerprint density at radius 2 is 2.16 bits per heavy atom. The molecule has 1 atom stereocenters. The van der Waals surface area contributed by atoms with Crippen molar-refractivity contribution in [2.45, 2.75) is 45.6 Å². The molecule has 0 aliphatic carbocycles. The summed E-state index contributed by atoms with van der Waals surface area (Å²) in [5.41, 5.74) is 0.381. The number of hydrogen-bond acceptors (Lipinski definition) is 3. The van der Waals surface area contributed by atoms with E-state index in [4.69, 9.17) is 4.74 Å². The molecule has 112 valence electrons. The van der Waals surface area contributed by atoms with E-state index >= 15 is 0 Å². The number of hydrogen-bond donors (Lipinski definition) is 1. The Morgan fingerprint density at radius 1 is 1.42 bits per heavy atom. The molecule has 2 rings (SSSR count). The molecule has 1 unspecified atom stereocenters. The van der Waals surface area contributed by atoms with Gasteiger partial charge in [0, 0.05) is 32.1 Å². The van der Waals surface area contributed by atoms with Crippen LogP contribution in [0.4, 0.5) is 0 Å². The number of carbonyl (C=O) groups excluding carboxylic acids is 1. The van der Waals surface area contributed by atoms with Crippen molar-refractivity contribution < 1.29 is 9.53 Å². The van der Waals surface area contributed by atoms with Gasteiger partial charge in [-0.2, -0.15) is 0 Å². The summed E-state index contributed by atoms with van der Waals surface area (Å²) in [6, 6.07) is 0.213. The monoisotopic (exact) mass is 290 g/mol. The van der Waals surface area contributed by atoms with Crippen LogP contribution < -0.4 is 5.32 Å². The molecule has 2 aliphatic heterocycles. The van der Waals surface area contributed by atoms with Crippen LogP contribution in [0.3, 0.4) is 0 Å². The molecule has 2 aliphatic rings. The molecule has 2 heterocycles. The molecule has 0 aromatic carbocycles. The summed E-state index contributed by atoms with van der Waals surface area (Å²) in [5.74, 6) is 0.293. The van der Waals surface area contributed by atoms with Crippen LogP contribution in [0.5, 0.6) is 0 Å². The Balaban J connectivity index is 0.00000180. The Labute approximate surface area is 122 Å². The maximum atomic E-state index is 12.3. The zero-order chi connectivity index (χ0) is 13.0. The predicted molar refractivity (Wildman–Crippen MR) is 78.7 cm³/mol. The van der Waals surface area contributed by atoms with Crippen LogP contribution in [0.25, 0.3) is 0 Å². The highest BCUT2D eigenvalue weighted by Crippen LogP contribution is 2.37. The van der Waals surface area contributed by atoms with Crippen LogP contribution in [0.15, 0.2) is 0 Å². The molecule has 0 bridgehead atoms. The number of carbonyl (C=O) groups is 1. The lowest BCUT2D eigenvalue weighted by atomic mass is 9.82. The van der Waals surface area contributed by atoms with Crippen LogP contribution in [-0.2, 0) is 9.53 Å². The van der Waals surface area contributed by atoms with Gasteiger partial charge in [0.25, 0.3) is 0 Å². The molecular weight excluding hydrogens is 264 g/mol. The summed E-state index contributed by atoms with van der Waals surface area (Å²) >= 11 is 0. The molecule has 0 saturated carbocycles. The highest BCUT2D eigenvalue weighted by molar-refractivity contribution is 5.85. The Kier molecular flexibility index (Phi) is 6.57. The fraction of sp³-hybridized carbons (Fsp3) is 0.929. The smallest absolute Gasteiger partial charge is 0.224 e. The molecule has 0 aromatic rings.